The van der Waals surface area contributed by atoms with E-state index in [0.717, 1.165) is 12.8 Å². The van der Waals surface area contributed by atoms with Crippen LogP contribution in [0.1, 0.15) is 129 Å². The van der Waals surface area contributed by atoms with E-state index in [-0.39, 0.29) is 0 Å². The number of alkyl halides is 1. The van der Waals surface area contributed by atoms with Crippen molar-refractivity contribution in [2.24, 2.45) is 0 Å². The van der Waals surface area contributed by atoms with Gasteiger partial charge in [0.1, 0.15) is 0 Å². The molecule has 0 heterocycles. The van der Waals surface area contributed by atoms with Crippen LogP contribution in [0.5, 0.6) is 0 Å². The minimum atomic E-state index is -0.601. The van der Waals surface area contributed by atoms with Crippen LogP contribution in [0.15, 0.2) is 0 Å². The van der Waals surface area contributed by atoms with Crippen molar-refractivity contribution >= 4 is 0 Å². The van der Waals surface area contributed by atoms with E-state index in [9.17, 15) is 4.39 Å². The fourth-order valence-electron chi connectivity index (χ4n) is 3.15. The molecule has 0 aromatic rings. The molecule has 0 aliphatic rings. The largest absolute Gasteiger partial charge is 0.248 e. The molecule has 0 spiro atoms. The molecular weight excluding hydrogens is 271 g/mol. The molecule has 0 N–H and O–H groups in total. The minimum absolute atomic E-state index is 0.601. The Bertz CT molecular complexity index is 188. The minimum Gasteiger partial charge on any atom is -0.248 e. The highest BCUT2D eigenvalue weighted by Gasteiger charge is 1.97. The summed E-state index contributed by atoms with van der Waals surface area (Å²) in [6.45, 7) is 3.96. The first-order valence-corrected chi connectivity index (χ1v) is 10.4. The van der Waals surface area contributed by atoms with E-state index in [0.29, 0.717) is 0 Å². The van der Waals surface area contributed by atoms with Gasteiger partial charge >= 0.3 is 0 Å². The number of hydrogen-bond donors (Lipinski definition) is 0. The summed E-state index contributed by atoms with van der Waals surface area (Å²) in [5, 5.41) is 0. The molecule has 0 aliphatic carbocycles. The van der Waals surface area contributed by atoms with Crippen LogP contribution in [0.2, 0.25) is 0 Å². The molecule has 0 aromatic carbocycles. The maximum absolute atomic E-state index is 12.6. The fraction of sp³-hybridized carbons (Fsp3) is 1.00. The Kier molecular flexibility index (Phi) is 18.9. The maximum Gasteiger partial charge on any atom is 0.0973 e. The quantitative estimate of drug-likeness (QED) is 0.223. The molecule has 0 saturated heterocycles. The summed E-state index contributed by atoms with van der Waals surface area (Å²) in [5.41, 5.74) is 0. The smallest absolute Gasteiger partial charge is 0.0973 e. The third kappa shape index (κ3) is 19.9. The summed E-state index contributed by atoms with van der Waals surface area (Å²) in [4.78, 5) is 0. The van der Waals surface area contributed by atoms with Gasteiger partial charge < -0.3 is 0 Å². The van der Waals surface area contributed by atoms with E-state index in [4.69, 9.17) is 0 Å². The second-order valence-corrected chi connectivity index (χ2v) is 7.23. The SMILES string of the molecule is CCCCCCCCCCCCCCCCCCCC(C)F. The van der Waals surface area contributed by atoms with Crippen molar-refractivity contribution in [2.45, 2.75) is 136 Å². The second-order valence-electron chi connectivity index (χ2n) is 7.23. The van der Waals surface area contributed by atoms with Gasteiger partial charge in [-0.15, -0.1) is 0 Å². The molecule has 134 valence electrons. The van der Waals surface area contributed by atoms with Crippen molar-refractivity contribution in [3.63, 3.8) is 0 Å². The van der Waals surface area contributed by atoms with E-state index in [1.165, 1.54) is 103 Å². The first-order chi connectivity index (χ1) is 10.8. The van der Waals surface area contributed by atoms with Crippen LogP contribution >= 0.6 is 0 Å². The van der Waals surface area contributed by atoms with Crippen LogP contribution in [0.4, 0.5) is 4.39 Å². The van der Waals surface area contributed by atoms with Gasteiger partial charge in [-0.2, -0.15) is 0 Å². The zero-order valence-corrected chi connectivity index (χ0v) is 15.7. The van der Waals surface area contributed by atoms with Crippen LogP contribution in [0.25, 0.3) is 0 Å². The first-order valence-electron chi connectivity index (χ1n) is 10.4. The van der Waals surface area contributed by atoms with Crippen molar-refractivity contribution in [1.29, 1.82) is 0 Å². The van der Waals surface area contributed by atoms with Gasteiger partial charge in [0.15, 0.2) is 0 Å². The highest BCUT2D eigenvalue weighted by molar-refractivity contribution is 4.52. The predicted molar refractivity (Wildman–Crippen MR) is 99.4 cm³/mol. The molecule has 0 radical (unpaired) electrons. The van der Waals surface area contributed by atoms with Crippen molar-refractivity contribution in [1.82, 2.24) is 0 Å². The molecule has 0 aliphatic heterocycles. The molecule has 0 saturated carbocycles. The highest BCUT2D eigenvalue weighted by Crippen LogP contribution is 2.14. The summed E-state index contributed by atoms with van der Waals surface area (Å²) in [6.07, 6.45) is 23.8. The standard InChI is InChI=1S/C21H43F/c1-3-4-5-6-7-8-9-10-11-12-13-14-15-16-17-18-19-20-21(2)22/h21H,3-20H2,1-2H3. The zero-order valence-electron chi connectivity index (χ0n) is 15.7. The average molecular weight is 315 g/mol. The normalized spacial score (nSPS) is 12.7. The molecular formula is C21H43F. The van der Waals surface area contributed by atoms with E-state index in [1.807, 2.05) is 0 Å². The van der Waals surface area contributed by atoms with Crippen molar-refractivity contribution in [3.05, 3.63) is 0 Å². The molecule has 0 fully saturated rings. The van der Waals surface area contributed by atoms with Gasteiger partial charge in [-0.25, -0.2) is 4.39 Å². The highest BCUT2D eigenvalue weighted by atomic mass is 19.1. The number of hydrogen-bond acceptors (Lipinski definition) is 0. The molecule has 1 unspecified atom stereocenters. The number of halogens is 1. The molecule has 0 nitrogen and oxygen atoms in total. The van der Waals surface area contributed by atoms with Crippen molar-refractivity contribution in [3.8, 4) is 0 Å². The predicted octanol–water partition coefficient (Wildman–Crippen LogP) is 8.39. The Morgan fingerprint density at radius 1 is 0.500 bits per heavy atom. The summed E-state index contributed by atoms with van der Waals surface area (Å²) in [6, 6.07) is 0. The summed E-state index contributed by atoms with van der Waals surface area (Å²) in [5.74, 6) is 0. The average Bonchev–Trinajstić information content (AvgIpc) is 2.50. The lowest BCUT2D eigenvalue weighted by molar-refractivity contribution is 0.329. The third-order valence-electron chi connectivity index (χ3n) is 4.71. The monoisotopic (exact) mass is 314 g/mol. The van der Waals surface area contributed by atoms with Gasteiger partial charge in [-0.3, -0.25) is 0 Å². The van der Waals surface area contributed by atoms with E-state index < -0.39 is 6.17 Å². The molecule has 0 rings (SSSR count). The second kappa shape index (κ2) is 19.0. The lowest BCUT2D eigenvalue weighted by Gasteiger charge is -2.04. The van der Waals surface area contributed by atoms with Gasteiger partial charge in [0.05, 0.1) is 6.17 Å². The van der Waals surface area contributed by atoms with E-state index in [1.54, 1.807) is 6.92 Å². The van der Waals surface area contributed by atoms with Gasteiger partial charge in [-0.05, 0) is 13.3 Å². The molecule has 0 bridgehead atoms. The Balaban J connectivity index is 2.94. The van der Waals surface area contributed by atoms with Gasteiger partial charge in [0.2, 0.25) is 0 Å². The number of rotatable bonds is 18. The summed E-state index contributed by atoms with van der Waals surface area (Å²) >= 11 is 0. The Labute approximate surface area is 140 Å². The van der Waals surface area contributed by atoms with E-state index in [2.05, 4.69) is 6.92 Å². The molecule has 0 aromatic heterocycles. The molecule has 1 heteroatoms. The van der Waals surface area contributed by atoms with Crippen molar-refractivity contribution in [2.75, 3.05) is 0 Å². The topological polar surface area (TPSA) is 0 Å². The Morgan fingerprint density at radius 2 is 0.773 bits per heavy atom. The summed E-state index contributed by atoms with van der Waals surface area (Å²) < 4.78 is 12.6. The van der Waals surface area contributed by atoms with Crippen LogP contribution in [-0.2, 0) is 0 Å². The van der Waals surface area contributed by atoms with Crippen LogP contribution < -0.4 is 0 Å². The van der Waals surface area contributed by atoms with Crippen molar-refractivity contribution < 1.29 is 4.39 Å². The lowest BCUT2D eigenvalue weighted by Crippen LogP contribution is -1.91. The zero-order chi connectivity index (χ0) is 16.3. The lowest BCUT2D eigenvalue weighted by atomic mass is 10.0. The van der Waals surface area contributed by atoms with Crippen LogP contribution in [-0.4, -0.2) is 6.17 Å². The third-order valence-corrected chi connectivity index (χ3v) is 4.71. The van der Waals surface area contributed by atoms with Gasteiger partial charge in [0, 0.05) is 0 Å². The number of unbranched alkanes of at least 4 members (excludes halogenated alkanes) is 16. The fourth-order valence-corrected chi connectivity index (χ4v) is 3.15. The van der Waals surface area contributed by atoms with Gasteiger partial charge in [0.25, 0.3) is 0 Å². The molecule has 22 heavy (non-hydrogen) atoms. The molecule has 0 amide bonds. The van der Waals surface area contributed by atoms with E-state index >= 15 is 0 Å². The van der Waals surface area contributed by atoms with Crippen LogP contribution in [0.3, 0.4) is 0 Å². The maximum atomic E-state index is 12.6. The Morgan fingerprint density at radius 3 is 1.05 bits per heavy atom. The summed E-state index contributed by atoms with van der Waals surface area (Å²) in [7, 11) is 0. The van der Waals surface area contributed by atoms with Crippen LogP contribution in [0, 0.1) is 0 Å². The molecule has 1 atom stereocenters. The Hall–Kier alpha value is -0.0700. The first kappa shape index (κ1) is 21.9. The van der Waals surface area contributed by atoms with Gasteiger partial charge in [-0.1, -0.05) is 116 Å².